The summed E-state index contributed by atoms with van der Waals surface area (Å²) < 4.78 is 29.3. The summed E-state index contributed by atoms with van der Waals surface area (Å²) in [7, 11) is -3.87. The van der Waals surface area contributed by atoms with E-state index >= 15 is 0 Å². The predicted octanol–water partition coefficient (Wildman–Crippen LogP) is 1.09. The van der Waals surface area contributed by atoms with Crippen LogP contribution in [-0.4, -0.2) is 58.6 Å². The zero-order valence-corrected chi connectivity index (χ0v) is 21.5. The fourth-order valence-electron chi connectivity index (χ4n) is 5.57. The first kappa shape index (κ1) is 25.7. The van der Waals surface area contributed by atoms with Crippen LogP contribution in [0, 0.1) is 12.8 Å². The molecule has 3 aromatic rings. The van der Waals surface area contributed by atoms with Crippen molar-refractivity contribution in [2.75, 3.05) is 11.3 Å². The molecule has 1 aliphatic carbocycles. The Labute approximate surface area is 219 Å². The van der Waals surface area contributed by atoms with Gasteiger partial charge in [0.15, 0.2) is 0 Å². The number of primary amides is 1. The van der Waals surface area contributed by atoms with E-state index in [-0.39, 0.29) is 41.6 Å². The van der Waals surface area contributed by atoms with Gasteiger partial charge < -0.3 is 25.3 Å². The van der Waals surface area contributed by atoms with E-state index in [1.807, 2.05) is 13.0 Å². The highest BCUT2D eigenvalue weighted by molar-refractivity contribution is 7.88. The van der Waals surface area contributed by atoms with E-state index in [2.05, 4.69) is 10.3 Å². The molecule has 2 fully saturated rings. The largest absolute Gasteiger partial charge is 0.476 e. The lowest BCUT2D eigenvalue weighted by Crippen LogP contribution is -2.51. The Morgan fingerprint density at radius 1 is 1.18 bits per heavy atom. The van der Waals surface area contributed by atoms with Gasteiger partial charge in [0, 0.05) is 28.8 Å². The molecule has 2 bridgehead atoms. The first-order valence-corrected chi connectivity index (χ1v) is 13.8. The number of likely N-dealkylation sites (tertiary alicyclic amines) is 1. The number of nitrogens with two attached hydrogens (primary N) is 2. The van der Waals surface area contributed by atoms with Crippen molar-refractivity contribution in [1.82, 2.24) is 14.5 Å². The summed E-state index contributed by atoms with van der Waals surface area (Å²) >= 11 is 0. The number of primary sulfonamides is 1. The quantitative estimate of drug-likeness (QED) is 0.382. The molecule has 0 spiro atoms. The van der Waals surface area contributed by atoms with E-state index < -0.39 is 27.9 Å². The summed E-state index contributed by atoms with van der Waals surface area (Å²) in [6.07, 6.45) is 3.93. The zero-order chi connectivity index (χ0) is 27.2. The van der Waals surface area contributed by atoms with Crippen LogP contribution in [0.2, 0.25) is 0 Å². The van der Waals surface area contributed by atoms with Gasteiger partial charge in [-0.15, -0.1) is 0 Å². The summed E-state index contributed by atoms with van der Waals surface area (Å²) in [6, 6.07) is 9.30. The van der Waals surface area contributed by atoms with Gasteiger partial charge in [0.05, 0.1) is 5.56 Å². The van der Waals surface area contributed by atoms with E-state index in [0.29, 0.717) is 16.7 Å². The van der Waals surface area contributed by atoms with Gasteiger partial charge in [0.2, 0.25) is 27.8 Å². The molecular formula is C25H28N6O6S. The van der Waals surface area contributed by atoms with Crippen molar-refractivity contribution < 1.29 is 27.5 Å². The molecular weight excluding hydrogens is 512 g/mol. The van der Waals surface area contributed by atoms with Gasteiger partial charge in [-0.25, -0.2) is 18.5 Å². The lowest BCUT2D eigenvalue weighted by Gasteiger charge is -2.34. The lowest BCUT2D eigenvalue weighted by molar-refractivity contribution is -0.141. The Balaban J connectivity index is 1.40. The maximum absolute atomic E-state index is 13.6. The topological polar surface area (TPSA) is 180 Å². The highest BCUT2D eigenvalue weighted by Gasteiger charge is 2.51. The molecule has 0 unspecified atom stereocenters. The zero-order valence-electron chi connectivity index (χ0n) is 20.7. The number of hydrogen-bond donors (Lipinski definition) is 3. The number of aryl methyl sites for hydroxylation is 1. The highest BCUT2D eigenvalue weighted by atomic mass is 32.2. The molecule has 0 radical (unpaired) electrons. The molecule has 1 saturated heterocycles. The third-order valence-electron chi connectivity index (χ3n) is 7.09. The molecule has 200 valence electrons. The van der Waals surface area contributed by atoms with Gasteiger partial charge in [-0.3, -0.25) is 14.4 Å². The number of piperidine rings is 1. The minimum atomic E-state index is -3.87. The van der Waals surface area contributed by atoms with E-state index in [1.54, 1.807) is 27.7 Å². The number of rotatable bonds is 8. The number of ether oxygens (including phenoxy) is 1. The van der Waals surface area contributed by atoms with Crippen LogP contribution in [0.4, 0.5) is 5.82 Å². The third kappa shape index (κ3) is 5.07. The number of hydrogen-bond acceptors (Lipinski definition) is 7. The number of carbonyl (C=O) groups is 3. The molecule has 1 aromatic carbocycles. The van der Waals surface area contributed by atoms with Crippen molar-refractivity contribution >= 4 is 44.5 Å². The molecule has 13 heteroatoms. The average molecular weight is 541 g/mol. The maximum atomic E-state index is 13.6. The number of carbonyl (C=O) groups excluding carboxylic acids is 3. The Morgan fingerprint density at radius 3 is 2.68 bits per heavy atom. The third-order valence-corrected chi connectivity index (χ3v) is 7.54. The van der Waals surface area contributed by atoms with Crippen molar-refractivity contribution in [2.45, 2.75) is 44.8 Å². The van der Waals surface area contributed by atoms with Crippen LogP contribution >= 0.6 is 0 Å². The number of sulfonamides is 1. The maximum Gasteiger partial charge on any atom is 0.250 e. The van der Waals surface area contributed by atoms with E-state index in [9.17, 15) is 22.8 Å². The first-order chi connectivity index (χ1) is 18.0. The number of amides is 3. The fraction of sp³-hybridized carbons (Fsp3) is 0.360. The molecule has 12 nitrogen and oxygen atoms in total. The Kier molecular flexibility index (Phi) is 6.57. The molecule has 5 N–H and O–H groups in total. The van der Waals surface area contributed by atoms with Crippen LogP contribution in [0.25, 0.3) is 10.9 Å². The van der Waals surface area contributed by atoms with Crippen LogP contribution in [0.1, 0.15) is 35.3 Å². The molecule has 1 aliphatic heterocycles. The van der Waals surface area contributed by atoms with Crippen molar-refractivity contribution in [1.29, 1.82) is 0 Å². The monoisotopic (exact) mass is 540 g/mol. The fourth-order valence-corrected chi connectivity index (χ4v) is 5.87. The Bertz CT molecular complexity index is 1550. The molecule has 3 amide bonds. The smallest absolute Gasteiger partial charge is 0.250 e. The second-order valence-electron chi connectivity index (χ2n) is 9.77. The molecule has 3 heterocycles. The molecule has 3 atom stereocenters. The predicted molar refractivity (Wildman–Crippen MR) is 138 cm³/mol. The number of nitrogens with zero attached hydrogens (tertiary/aromatic N) is 3. The van der Waals surface area contributed by atoms with Crippen molar-refractivity contribution in [3.05, 3.63) is 53.9 Å². The van der Waals surface area contributed by atoms with Gasteiger partial charge in [0.25, 0.3) is 5.91 Å². The summed E-state index contributed by atoms with van der Waals surface area (Å²) in [4.78, 5) is 45.0. The van der Waals surface area contributed by atoms with Crippen LogP contribution in [0.15, 0.2) is 42.6 Å². The summed E-state index contributed by atoms with van der Waals surface area (Å²) in [6.45, 7) is 1.72. The Hall–Kier alpha value is -3.97. The van der Waals surface area contributed by atoms with Crippen LogP contribution in [0.3, 0.4) is 0 Å². The lowest BCUT2D eigenvalue weighted by atomic mass is 9.97. The van der Waals surface area contributed by atoms with Crippen molar-refractivity contribution in [3.63, 3.8) is 0 Å². The molecule has 2 aliphatic rings. The standard InChI is InChI=1S/C25H28N6O6S/c1-14-3-2-4-21(28-14)29-25(34)23-15-5-6-16(9-15)31(23)22(32)12-30-11-19(24(26)33)18-10-17(7-8-20(18)30)37-13-38(27,35)36/h2-4,7-8,10-11,15-16,23H,5-6,9,12-13H2,1H3,(H2,26,33)(H2,27,35,36)(H,28,29,34)/t15-,16+,23-/m0/s1. The number of anilines is 1. The van der Waals surface area contributed by atoms with Crippen LogP contribution in [0.5, 0.6) is 5.75 Å². The summed E-state index contributed by atoms with van der Waals surface area (Å²) in [5, 5.41) is 8.26. The molecule has 2 aromatic heterocycles. The summed E-state index contributed by atoms with van der Waals surface area (Å²) in [5.74, 6) is -1.29. The Morgan fingerprint density at radius 2 is 1.97 bits per heavy atom. The van der Waals surface area contributed by atoms with Gasteiger partial charge in [-0.2, -0.15) is 0 Å². The van der Waals surface area contributed by atoms with Crippen LogP contribution in [-0.2, 0) is 26.2 Å². The van der Waals surface area contributed by atoms with Crippen LogP contribution < -0.4 is 20.9 Å². The van der Waals surface area contributed by atoms with E-state index in [0.717, 1.165) is 25.0 Å². The van der Waals surface area contributed by atoms with Gasteiger partial charge in [-0.05, 0) is 62.4 Å². The number of aromatic nitrogens is 2. The second kappa shape index (κ2) is 9.72. The van der Waals surface area contributed by atoms with Gasteiger partial charge >= 0.3 is 0 Å². The first-order valence-electron chi connectivity index (χ1n) is 12.1. The number of nitrogens with one attached hydrogen (secondary N) is 1. The molecule has 38 heavy (non-hydrogen) atoms. The average Bonchev–Trinajstić information content (AvgIpc) is 3.55. The molecule has 5 rings (SSSR count). The van der Waals surface area contributed by atoms with E-state index in [4.69, 9.17) is 15.6 Å². The normalized spacial score (nSPS) is 20.6. The number of pyridine rings is 1. The number of benzene rings is 1. The SMILES string of the molecule is Cc1cccc(NC(=O)[C@@H]2[C@H]3CC[C@H](C3)N2C(=O)Cn2cc(C(N)=O)c3cc(OCS(N)(=O)=O)ccc32)n1. The minimum Gasteiger partial charge on any atom is -0.476 e. The van der Waals surface area contributed by atoms with Gasteiger partial charge in [-0.1, -0.05) is 6.07 Å². The number of fused-ring (bicyclic) bond motifs is 3. The van der Waals surface area contributed by atoms with Crippen molar-refractivity contribution in [3.8, 4) is 5.75 Å². The van der Waals surface area contributed by atoms with Gasteiger partial charge in [0.1, 0.15) is 24.2 Å². The minimum absolute atomic E-state index is 0.0376. The van der Waals surface area contributed by atoms with Crippen molar-refractivity contribution in [2.24, 2.45) is 16.8 Å². The molecule has 1 saturated carbocycles. The second-order valence-corrected chi connectivity index (χ2v) is 11.3. The highest BCUT2D eigenvalue weighted by Crippen LogP contribution is 2.43. The summed E-state index contributed by atoms with van der Waals surface area (Å²) in [5.41, 5.74) is 7.02. The van der Waals surface area contributed by atoms with E-state index in [1.165, 1.54) is 18.3 Å².